The summed E-state index contributed by atoms with van der Waals surface area (Å²) < 4.78 is 35.5. The lowest BCUT2D eigenvalue weighted by atomic mass is 10.0. The summed E-state index contributed by atoms with van der Waals surface area (Å²) in [7, 11) is -3.12. The van der Waals surface area contributed by atoms with Crippen LogP contribution in [0.4, 0.5) is 0 Å². The minimum absolute atomic E-state index is 0.0138. The Bertz CT molecular complexity index is 977. The number of hydrogen-bond acceptors (Lipinski definition) is 5. The highest BCUT2D eigenvalue weighted by Crippen LogP contribution is 2.28. The van der Waals surface area contributed by atoms with Crippen LogP contribution in [0, 0.1) is 13.8 Å². The van der Waals surface area contributed by atoms with Gasteiger partial charge in [0, 0.05) is 6.04 Å². The topological polar surface area (TPSA) is 76.8 Å². The lowest BCUT2D eigenvalue weighted by Gasteiger charge is -2.27. The molecule has 2 aromatic rings. The molecule has 1 fully saturated rings. The molecule has 0 N–H and O–H groups in total. The van der Waals surface area contributed by atoms with E-state index in [0.717, 1.165) is 16.9 Å². The van der Waals surface area contributed by atoms with E-state index in [4.69, 9.17) is 9.15 Å². The molecule has 2 heterocycles. The van der Waals surface area contributed by atoms with Crippen LogP contribution in [0.5, 0.6) is 5.75 Å². The predicted octanol–water partition coefficient (Wildman–Crippen LogP) is 3.61. The second-order valence-corrected chi connectivity index (χ2v) is 10.3. The molecule has 29 heavy (non-hydrogen) atoms. The maximum absolute atomic E-state index is 13.1. The Kier molecular flexibility index (Phi) is 6.36. The zero-order valence-electron chi connectivity index (χ0n) is 17.5. The average molecular weight is 420 g/mol. The van der Waals surface area contributed by atoms with Crippen molar-refractivity contribution in [2.24, 2.45) is 0 Å². The van der Waals surface area contributed by atoms with Crippen molar-refractivity contribution in [1.29, 1.82) is 0 Å². The van der Waals surface area contributed by atoms with Crippen LogP contribution in [0.1, 0.15) is 48.8 Å². The van der Waals surface area contributed by atoms with Gasteiger partial charge in [-0.05, 0) is 55.5 Å². The Balaban J connectivity index is 1.77. The highest BCUT2D eigenvalue weighted by atomic mass is 32.2. The molecule has 1 aliphatic rings. The van der Waals surface area contributed by atoms with Crippen molar-refractivity contribution in [3.8, 4) is 5.75 Å². The van der Waals surface area contributed by atoms with Crippen LogP contribution in [0.3, 0.4) is 0 Å². The van der Waals surface area contributed by atoms with Gasteiger partial charge in [-0.15, -0.1) is 0 Å². The van der Waals surface area contributed by atoms with Gasteiger partial charge in [0.05, 0.1) is 18.1 Å². The minimum atomic E-state index is -3.12. The second-order valence-electron chi connectivity index (χ2n) is 8.08. The van der Waals surface area contributed by atoms with Crippen LogP contribution in [-0.2, 0) is 21.2 Å². The van der Waals surface area contributed by atoms with Gasteiger partial charge in [-0.3, -0.25) is 4.79 Å². The number of furan rings is 1. The summed E-state index contributed by atoms with van der Waals surface area (Å²) in [4.78, 5) is 14.6. The summed E-state index contributed by atoms with van der Waals surface area (Å²) >= 11 is 0. The molecule has 0 spiro atoms. The van der Waals surface area contributed by atoms with Crippen LogP contribution in [0.25, 0.3) is 0 Å². The molecule has 0 bridgehead atoms. The molecule has 0 unspecified atom stereocenters. The van der Waals surface area contributed by atoms with E-state index in [-0.39, 0.29) is 42.5 Å². The van der Waals surface area contributed by atoms with Gasteiger partial charge in [-0.2, -0.15) is 0 Å². The van der Waals surface area contributed by atoms with E-state index in [2.05, 4.69) is 13.8 Å². The van der Waals surface area contributed by atoms with Gasteiger partial charge in [0.1, 0.15) is 17.3 Å². The fourth-order valence-electron chi connectivity index (χ4n) is 3.65. The molecule has 158 valence electrons. The smallest absolute Gasteiger partial charge is 0.261 e. The van der Waals surface area contributed by atoms with E-state index >= 15 is 0 Å². The van der Waals surface area contributed by atoms with E-state index in [9.17, 15) is 13.2 Å². The number of carbonyl (C=O) groups excluding carboxylic acids is 1. The maximum Gasteiger partial charge on any atom is 0.261 e. The fraction of sp³-hybridized carbons (Fsp3) is 0.500. The number of sulfone groups is 1. The van der Waals surface area contributed by atoms with Crippen LogP contribution >= 0.6 is 0 Å². The molecule has 1 aromatic carbocycles. The molecule has 6 nitrogen and oxygen atoms in total. The average Bonchev–Trinajstić information content (AvgIpc) is 3.22. The van der Waals surface area contributed by atoms with E-state index in [0.29, 0.717) is 17.9 Å². The van der Waals surface area contributed by atoms with Gasteiger partial charge < -0.3 is 14.1 Å². The normalized spacial score (nSPS) is 18.2. The van der Waals surface area contributed by atoms with Crippen molar-refractivity contribution in [3.05, 3.63) is 53.0 Å². The number of amides is 1. The third-order valence-corrected chi connectivity index (χ3v) is 6.98. The van der Waals surface area contributed by atoms with Crippen LogP contribution < -0.4 is 4.74 Å². The lowest BCUT2D eigenvalue weighted by molar-refractivity contribution is -0.136. The third kappa shape index (κ3) is 5.41. The second kappa shape index (κ2) is 8.61. The maximum atomic E-state index is 13.1. The summed E-state index contributed by atoms with van der Waals surface area (Å²) in [6.45, 7) is 8.07. The molecule has 0 saturated carbocycles. The van der Waals surface area contributed by atoms with Gasteiger partial charge in [0.25, 0.3) is 5.91 Å². The Labute approximate surface area is 172 Å². The predicted molar refractivity (Wildman–Crippen MR) is 112 cm³/mol. The first-order valence-corrected chi connectivity index (χ1v) is 11.8. The van der Waals surface area contributed by atoms with Crippen molar-refractivity contribution in [2.45, 2.75) is 52.6 Å². The first kappa shape index (κ1) is 21.4. The molecule has 0 aliphatic carbocycles. The first-order chi connectivity index (χ1) is 13.6. The van der Waals surface area contributed by atoms with Crippen LogP contribution in [-0.4, -0.2) is 43.4 Å². The number of aryl methyl sites for hydroxylation is 2. The van der Waals surface area contributed by atoms with E-state index in [1.165, 1.54) is 0 Å². The monoisotopic (exact) mass is 419 g/mol. The Morgan fingerprint density at radius 3 is 2.59 bits per heavy atom. The largest absolute Gasteiger partial charge is 0.483 e. The SMILES string of the molecule is Cc1ccc(C(C)C)c(OCC(=O)N(Cc2ccc(C)o2)[C@H]2CCS(=O)(=O)C2)c1. The number of rotatable bonds is 7. The number of carbonyl (C=O) groups is 1. The number of nitrogens with zero attached hydrogens (tertiary/aromatic N) is 1. The third-order valence-electron chi connectivity index (χ3n) is 5.23. The standard InChI is InChI=1S/C22H29NO5S/c1-15(2)20-8-5-16(3)11-21(20)27-13-22(24)23(12-19-7-6-17(4)28-19)18-9-10-29(25,26)14-18/h5-8,11,15,18H,9-10,12-14H2,1-4H3/t18-/m0/s1. The summed E-state index contributed by atoms with van der Waals surface area (Å²) in [6, 6.07) is 9.27. The number of benzene rings is 1. The molecule has 1 amide bonds. The van der Waals surface area contributed by atoms with E-state index in [1.807, 2.05) is 44.2 Å². The molecular weight excluding hydrogens is 390 g/mol. The van der Waals surface area contributed by atoms with E-state index in [1.54, 1.807) is 4.90 Å². The van der Waals surface area contributed by atoms with Crippen molar-refractivity contribution in [3.63, 3.8) is 0 Å². The van der Waals surface area contributed by atoms with Gasteiger partial charge >= 0.3 is 0 Å². The summed E-state index contributed by atoms with van der Waals surface area (Å²) in [5, 5.41) is 0. The molecule has 1 saturated heterocycles. The zero-order valence-corrected chi connectivity index (χ0v) is 18.3. The Morgan fingerprint density at radius 2 is 2.00 bits per heavy atom. The van der Waals surface area contributed by atoms with Gasteiger partial charge in [-0.25, -0.2) is 8.42 Å². The van der Waals surface area contributed by atoms with Gasteiger partial charge in [-0.1, -0.05) is 26.0 Å². The lowest BCUT2D eigenvalue weighted by Crippen LogP contribution is -2.43. The molecule has 1 aliphatic heterocycles. The first-order valence-electron chi connectivity index (χ1n) is 9.93. The Hall–Kier alpha value is -2.28. The highest BCUT2D eigenvalue weighted by molar-refractivity contribution is 7.91. The summed E-state index contributed by atoms with van der Waals surface area (Å²) in [5.74, 6) is 2.21. The van der Waals surface area contributed by atoms with Crippen molar-refractivity contribution < 1.29 is 22.4 Å². The van der Waals surface area contributed by atoms with Crippen molar-refractivity contribution in [1.82, 2.24) is 4.90 Å². The number of ether oxygens (including phenoxy) is 1. The molecule has 0 radical (unpaired) electrons. The zero-order chi connectivity index (χ0) is 21.2. The quantitative estimate of drug-likeness (QED) is 0.685. The Morgan fingerprint density at radius 1 is 1.24 bits per heavy atom. The molecule has 1 atom stereocenters. The fourth-order valence-corrected chi connectivity index (χ4v) is 5.38. The summed E-state index contributed by atoms with van der Waals surface area (Å²) in [5.41, 5.74) is 2.10. The van der Waals surface area contributed by atoms with Crippen molar-refractivity contribution >= 4 is 15.7 Å². The molecular formula is C22H29NO5S. The molecule has 7 heteroatoms. The summed E-state index contributed by atoms with van der Waals surface area (Å²) in [6.07, 6.45) is 0.440. The minimum Gasteiger partial charge on any atom is -0.483 e. The highest BCUT2D eigenvalue weighted by Gasteiger charge is 2.35. The van der Waals surface area contributed by atoms with Crippen LogP contribution in [0.2, 0.25) is 0 Å². The molecule has 3 rings (SSSR count). The van der Waals surface area contributed by atoms with Crippen molar-refractivity contribution in [2.75, 3.05) is 18.1 Å². The number of hydrogen-bond donors (Lipinski definition) is 0. The van der Waals surface area contributed by atoms with Gasteiger partial charge in [0.2, 0.25) is 0 Å². The van der Waals surface area contributed by atoms with Gasteiger partial charge in [0.15, 0.2) is 16.4 Å². The van der Waals surface area contributed by atoms with E-state index < -0.39 is 9.84 Å². The van der Waals surface area contributed by atoms with Crippen LogP contribution in [0.15, 0.2) is 34.7 Å². The molecule has 1 aromatic heterocycles.